The van der Waals surface area contributed by atoms with Gasteiger partial charge in [0.25, 0.3) is 0 Å². The first-order valence-corrected chi connectivity index (χ1v) is 21.7. The molecular formula is C39H51B2N3O9PSi. The van der Waals surface area contributed by atoms with Crippen molar-refractivity contribution >= 4 is 47.0 Å². The molecule has 5 rings (SSSR count). The zero-order valence-corrected chi connectivity index (χ0v) is 34.3. The van der Waals surface area contributed by atoms with E-state index in [1.54, 1.807) is 0 Å². The molecule has 1 radical (unpaired) electrons. The molecule has 0 bridgehead atoms. The third-order valence-corrected chi connectivity index (χ3v) is 16.9. The first-order chi connectivity index (χ1) is 26.4. The number of carbonyl (C=O) groups excluding carboxylic acids is 1. The number of nitrogens with zero attached hydrogens (tertiary/aromatic N) is 3. The van der Waals surface area contributed by atoms with Crippen molar-refractivity contribution in [2.45, 2.75) is 108 Å². The van der Waals surface area contributed by atoms with Crippen LogP contribution >= 0.6 is 8.46 Å². The molecule has 0 saturated carbocycles. The van der Waals surface area contributed by atoms with E-state index in [2.05, 4.69) is 55.1 Å². The summed E-state index contributed by atoms with van der Waals surface area (Å²) < 4.78 is 50.8. The molecule has 11 atom stereocenters. The molecule has 0 amide bonds. The normalized spacial score (nSPS) is 28.6. The van der Waals surface area contributed by atoms with Crippen LogP contribution in [0.3, 0.4) is 0 Å². The summed E-state index contributed by atoms with van der Waals surface area (Å²) >= 11 is 0. The van der Waals surface area contributed by atoms with E-state index >= 15 is 0 Å². The van der Waals surface area contributed by atoms with Gasteiger partial charge in [0.2, 0.25) is 0 Å². The van der Waals surface area contributed by atoms with Crippen LogP contribution in [0, 0.1) is 5.92 Å². The molecule has 3 aromatic carbocycles. The van der Waals surface area contributed by atoms with Crippen molar-refractivity contribution in [1.82, 2.24) is 0 Å². The van der Waals surface area contributed by atoms with Crippen molar-refractivity contribution in [3.63, 3.8) is 0 Å². The average Bonchev–Trinajstić information content (AvgIpc) is 3.17. The summed E-state index contributed by atoms with van der Waals surface area (Å²) in [6.07, 6.45) is -5.84. The van der Waals surface area contributed by atoms with Crippen LogP contribution in [0.1, 0.15) is 47.1 Å². The number of azide groups is 1. The van der Waals surface area contributed by atoms with Crippen molar-refractivity contribution in [3.8, 4) is 0 Å². The molecule has 2 fully saturated rings. The van der Waals surface area contributed by atoms with Gasteiger partial charge in [0.1, 0.15) is 0 Å². The minimum absolute atomic E-state index is 0.0290. The predicted molar refractivity (Wildman–Crippen MR) is 215 cm³/mol. The van der Waals surface area contributed by atoms with E-state index in [-0.39, 0.29) is 45.3 Å². The van der Waals surface area contributed by atoms with E-state index < -0.39 is 62.8 Å². The first kappa shape index (κ1) is 42.9. The summed E-state index contributed by atoms with van der Waals surface area (Å²) in [5.74, 6) is -0.657. The Balaban J connectivity index is 1.53. The van der Waals surface area contributed by atoms with Gasteiger partial charge in [-0.3, -0.25) is 0 Å². The molecule has 0 aromatic heterocycles. The van der Waals surface area contributed by atoms with E-state index in [4.69, 9.17) is 28.1 Å². The number of carbonyl (C=O) groups is 1. The molecule has 12 nitrogen and oxygen atoms in total. The fourth-order valence-corrected chi connectivity index (χ4v) is 13.3. The zero-order chi connectivity index (χ0) is 39.6. The fraction of sp³-hybridized carbons (Fsp3) is 0.513. The molecular weight excluding hydrogens is 735 g/mol. The quantitative estimate of drug-likeness (QED) is 0.0532. The van der Waals surface area contributed by atoms with Crippen molar-refractivity contribution in [3.05, 3.63) is 107 Å². The maximum atomic E-state index is 12.0. The van der Waals surface area contributed by atoms with E-state index in [0.29, 0.717) is 7.04 Å². The Hall–Kier alpha value is -3.22. The van der Waals surface area contributed by atoms with Gasteiger partial charge in [-0.1, -0.05) is 18.2 Å². The molecule has 2 heterocycles. The van der Waals surface area contributed by atoms with Crippen LogP contribution in [0.4, 0.5) is 0 Å². The number of ether oxygens (including phenoxy) is 5. The van der Waals surface area contributed by atoms with Crippen LogP contribution in [-0.4, -0.2) is 101 Å². The predicted octanol–water partition coefficient (Wildman–Crippen LogP) is 4.92. The minimum atomic E-state index is -3.07. The summed E-state index contributed by atoms with van der Waals surface area (Å²) in [7, 11) is -2.63. The van der Waals surface area contributed by atoms with Gasteiger partial charge in [-0.05, 0) is 0 Å². The third kappa shape index (κ3) is 10.2. The standard InChI is InChI=1S/C39H51B2N3O9PSi/c1-25-26(2)51-32(23-48-27(3)45)36(35(25)49-22-28-16-10-7-11-17-28)53-38-33(43-44-42)37(54-41-40-47)34(46)31(52-38)24-50-55(39(4,5)6,29-18-12-8-13-19-29)30-20-14-9-15-21-30/h7-21,25-26,31-38,46,54H,22-24H2,1-6H3/t25?,26-,31?,32?,33?,34+,35-,36?,37+,38+/m0/s1. The van der Waals surface area contributed by atoms with E-state index in [9.17, 15) is 20.1 Å². The van der Waals surface area contributed by atoms with E-state index in [1.807, 2.05) is 80.6 Å². The Morgan fingerprint density at radius 2 is 1.53 bits per heavy atom. The van der Waals surface area contributed by atoms with Crippen molar-refractivity contribution in [2.75, 3.05) is 13.2 Å². The van der Waals surface area contributed by atoms with Gasteiger partial charge in [0.15, 0.2) is 0 Å². The Labute approximate surface area is 327 Å². The molecule has 1 N–H and O–H groups in total. The summed E-state index contributed by atoms with van der Waals surface area (Å²) in [5, 5.41) is 17.8. The molecule has 2 saturated heterocycles. The molecule has 16 heteroatoms. The summed E-state index contributed by atoms with van der Waals surface area (Å²) in [4.78, 5) is 15.1. The van der Waals surface area contributed by atoms with Gasteiger partial charge >= 0.3 is 311 Å². The maximum absolute atomic E-state index is 12.0. The molecule has 291 valence electrons. The number of hydrogen-bond donors (Lipinski definition) is 1. The Bertz CT molecular complexity index is 1690. The van der Waals surface area contributed by atoms with Crippen molar-refractivity contribution in [1.29, 1.82) is 0 Å². The van der Waals surface area contributed by atoms with Crippen LogP contribution in [0.25, 0.3) is 10.4 Å². The number of esters is 1. The van der Waals surface area contributed by atoms with Gasteiger partial charge in [0, 0.05) is 0 Å². The van der Waals surface area contributed by atoms with Gasteiger partial charge in [0.05, 0.1) is 0 Å². The van der Waals surface area contributed by atoms with E-state index in [0.717, 1.165) is 15.9 Å². The second-order valence-corrected chi connectivity index (χ2v) is 20.7. The number of hydrogen-bond acceptors (Lipinski definition) is 10. The second kappa shape index (κ2) is 19.8. The van der Waals surface area contributed by atoms with Crippen LogP contribution in [-0.2, 0) is 44.2 Å². The van der Waals surface area contributed by atoms with Gasteiger partial charge in [-0.25, -0.2) is 0 Å². The Morgan fingerprint density at radius 1 is 0.927 bits per heavy atom. The van der Waals surface area contributed by atoms with Gasteiger partial charge < -0.3 is 0 Å². The third-order valence-electron chi connectivity index (χ3n) is 10.5. The summed E-state index contributed by atoms with van der Waals surface area (Å²) in [6.45, 7) is 13.3. The second-order valence-electron chi connectivity index (χ2n) is 15.1. The Kier molecular flexibility index (Phi) is 15.4. The molecule has 0 aliphatic carbocycles. The van der Waals surface area contributed by atoms with Crippen LogP contribution in [0.5, 0.6) is 0 Å². The topological polar surface area (TPSA) is 159 Å². The number of aliphatic hydroxyl groups is 1. The first-order valence-electron chi connectivity index (χ1n) is 18.7. The number of benzene rings is 3. The molecule has 2 aliphatic rings. The molecule has 2 aliphatic heterocycles. The van der Waals surface area contributed by atoms with Gasteiger partial charge in [-0.2, -0.15) is 0 Å². The molecule has 55 heavy (non-hydrogen) atoms. The van der Waals surface area contributed by atoms with Gasteiger partial charge in [-0.15, -0.1) is 0 Å². The van der Waals surface area contributed by atoms with Crippen LogP contribution in [0.2, 0.25) is 5.04 Å². The van der Waals surface area contributed by atoms with E-state index in [1.165, 1.54) is 13.8 Å². The fourth-order valence-electron chi connectivity index (χ4n) is 7.61. The average molecular weight is 787 g/mol. The summed E-state index contributed by atoms with van der Waals surface area (Å²) in [5.41, 5.74) is 10.00. The SMILES string of the molecule is CC(=O)OCC1O[C@@H](C)C(C)[C@H](OCc2ccccc2)C1O[C@H]1OC(CO[Si](c2ccccc2)(c2ccccc2)C(C)(C)C)[C@@H](O)[C@H](P[B]B=O)C1N=[N+]=[N-]. The number of rotatable bonds is 16. The number of aliphatic hydroxyl groups excluding tert-OH is 1. The van der Waals surface area contributed by atoms with Crippen molar-refractivity contribution < 1.29 is 42.7 Å². The van der Waals surface area contributed by atoms with Crippen LogP contribution in [0.15, 0.2) is 96.1 Å². The molecule has 0 spiro atoms. The monoisotopic (exact) mass is 786 g/mol. The molecule has 6 unspecified atom stereocenters. The summed E-state index contributed by atoms with van der Waals surface area (Å²) in [6, 6.07) is 29.0. The zero-order valence-electron chi connectivity index (χ0n) is 32.3. The van der Waals surface area contributed by atoms with Crippen LogP contribution < -0.4 is 10.4 Å². The Morgan fingerprint density at radius 3 is 2.07 bits per heavy atom. The molecule has 3 aromatic rings. The van der Waals surface area contributed by atoms with Crippen molar-refractivity contribution in [2.24, 2.45) is 11.0 Å².